The van der Waals surface area contributed by atoms with Gasteiger partial charge in [0.15, 0.2) is 5.82 Å². The average Bonchev–Trinajstić information content (AvgIpc) is 3.08. The average molecular weight is 286 g/mol. The summed E-state index contributed by atoms with van der Waals surface area (Å²) in [6.45, 7) is 1.74. The molecule has 1 aliphatic rings. The first-order valence-electron chi connectivity index (χ1n) is 7.11. The highest BCUT2D eigenvalue weighted by molar-refractivity contribution is 6.00. The number of carbonyl (C=O) groups is 1. The second-order valence-corrected chi connectivity index (χ2v) is 5.37. The molecular formula is C15H18N4O2. The van der Waals surface area contributed by atoms with Crippen molar-refractivity contribution in [1.82, 2.24) is 15.5 Å². The maximum Gasteiger partial charge on any atom is 0.258 e. The van der Waals surface area contributed by atoms with Crippen LogP contribution >= 0.6 is 0 Å². The molecule has 0 spiro atoms. The van der Waals surface area contributed by atoms with E-state index in [1.165, 1.54) is 0 Å². The monoisotopic (exact) mass is 286 g/mol. The Hall–Kier alpha value is -2.21. The summed E-state index contributed by atoms with van der Waals surface area (Å²) in [4.78, 5) is 16.7. The first-order chi connectivity index (χ1) is 10.1. The molecular weight excluding hydrogens is 268 g/mol. The Morgan fingerprint density at radius 3 is 2.86 bits per heavy atom. The summed E-state index contributed by atoms with van der Waals surface area (Å²) in [7, 11) is 0. The molecule has 6 nitrogen and oxygen atoms in total. The van der Waals surface area contributed by atoms with Crippen LogP contribution in [0.3, 0.4) is 0 Å². The number of nitrogens with two attached hydrogens (primary N) is 1. The van der Waals surface area contributed by atoms with Crippen LogP contribution in [-0.2, 0) is 0 Å². The van der Waals surface area contributed by atoms with Crippen molar-refractivity contribution in [3.05, 3.63) is 35.7 Å². The highest BCUT2D eigenvalue weighted by Gasteiger charge is 2.27. The fourth-order valence-electron chi connectivity index (χ4n) is 2.69. The summed E-state index contributed by atoms with van der Waals surface area (Å²) >= 11 is 0. The molecule has 3 N–H and O–H groups in total. The lowest BCUT2D eigenvalue weighted by atomic mass is 10.1. The van der Waals surface area contributed by atoms with E-state index in [9.17, 15) is 4.79 Å². The van der Waals surface area contributed by atoms with Crippen LogP contribution in [0.2, 0.25) is 0 Å². The van der Waals surface area contributed by atoms with Crippen LogP contribution in [0.15, 0.2) is 28.8 Å². The summed E-state index contributed by atoms with van der Waals surface area (Å²) in [5.74, 6) is 0.746. The maximum absolute atomic E-state index is 12.5. The van der Waals surface area contributed by atoms with Crippen molar-refractivity contribution in [3.63, 3.8) is 0 Å². The van der Waals surface area contributed by atoms with Gasteiger partial charge in [0, 0.05) is 12.1 Å². The van der Waals surface area contributed by atoms with Gasteiger partial charge >= 0.3 is 0 Å². The number of rotatable bonds is 3. The van der Waals surface area contributed by atoms with E-state index >= 15 is 0 Å². The number of aryl methyl sites for hydroxylation is 1. The van der Waals surface area contributed by atoms with Crippen LogP contribution < -0.4 is 11.1 Å². The minimum Gasteiger partial charge on any atom is -0.348 e. The Bertz CT molecular complexity index is 653. The zero-order chi connectivity index (χ0) is 14.8. The van der Waals surface area contributed by atoms with E-state index in [0.717, 1.165) is 19.3 Å². The molecule has 2 aromatic rings. The lowest BCUT2D eigenvalue weighted by molar-refractivity contribution is 0.0935. The van der Waals surface area contributed by atoms with E-state index in [-0.39, 0.29) is 18.0 Å². The van der Waals surface area contributed by atoms with Gasteiger partial charge in [0.05, 0.1) is 11.1 Å². The van der Waals surface area contributed by atoms with Crippen LogP contribution in [-0.4, -0.2) is 28.1 Å². The number of benzene rings is 1. The highest BCUT2D eigenvalue weighted by atomic mass is 16.5. The molecule has 1 aromatic heterocycles. The number of nitrogens with one attached hydrogen (secondary N) is 1. The molecule has 6 heteroatoms. The summed E-state index contributed by atoms with van der Waals surface area (Å²) in [6.07, 6.45) is 2.93. The molecule has 1 aromatic carbocycles. The molecule has 0 unspecified atom stereocenters. The van der Waals surface area contributed by atoms with E-state index in [2.05, 4.69) is 15.5 Å². The van der Waals surface area contributed by atoms with Gasteiger partial charge in [0.1, 0.15) is 0 Å². The van der Waals surface area contributed by atoms with Gasteiger partial charge < -0.3 is 15.6 Å². The van der Waals surface area contributed by atoms with Crippen molar-refractivity contribution in [1.29, 1.82) is 0 Å². The van der Waals surface area contributed by atoms with Gasteiger partial charge in [-0.25, -0.2) is 0 Å². The lowest BCUT2D eigenvalue weighted by Gasteiger charge is -2.17. The molecule has 0 radical (unpaired) electrons. The van der Waals surface area contributed by atoms with Gasteiger partial charge in [-0.15, -0.1) is 0 Å². The van der Waals surface area contributed by atoms with E-state index in [1.54, 1.807) is 19.1 Å². The Morgan fingerprint density at radius 2 is 2.19 bits per heavy atom. The number of amides is 1. The maximum atomic E-state index is 12.5. The molecule has 2 atom stereocenters. The van der Waals surface area contributed by atoms with Crippen LogP contribution in [0.4, 0.5) is 0 Å². The summed E-state index contributed by atoms with van der Waals surface area (Å²) in [5, 5.41) is 6.78. The predicted molar refractivity (Wildman–Crippen MR) is 77.6 cm³/mol. The van der Waals surface area contributed by atoms with E-state index in [0.29, 0.717) is 22.8 Å². The second kappa shape index (κ2) is 5.65. The minimum absolute atomic E-state index is 0.0340. The normalized spacial score (nSPS) is 21.4. The Kier molecular flexibility index (Phi) is 3.70. The fourth-order valence-corrected chi connectivity index (χ4v) is 2.69. The van der Waals surface area contributed by atoms with Gasteiger partial charge in [0.25, 0.3) is 11.8 Å². The van der Waals surface area contributed by atoms with Crippen molar-refractivity contribution in [3.8, 4) is 11.5 Å². The van der Waals surface area contributed by atoms with Gasteiger partial charge in [-0.05, 0) is 38.3 Å². The molecule has 1 fully saturated rings. The summed E-state index contributed by atoms with van der Waals surface area (Å²) < 4.78 is 5.17. The van der Waals surface area contributed by atoms with Crippen LogP contribution in [0.25, 0.3) is 11.5 Å². The first kappa shape index (κ1) is 13.8. The van der Waals surface area contributed by atoms with E-state index in [1.807, 2.05) is 12.1 Å². The van der Waals surface area contributed by atoms with Crippen molar-refractivity contribution < 1.29 is 9.32 Å². The molecule has 1 aliphatic carbocycles. The Balaban J connectivity index is 1.86. The van der Waals surface area contributed by atoms with E-state index in [4.69, 9.17) is 10.3 Å². The number of hydrogen-bond donors (Lipinski definition) is 2. The third kappa shape index (κ3) is 2.80. The molecule has 0 bridgehead atoms. The third-order valence-corrected chi connectivity index (χ3v) is 3.82. The molecule has 110 valence electrons. The highest BCUT2D eigenvalue weighted by Crippen LogP contribution is 2.23. The van der Waals surface area contributed by atoms with Crippen molar-refractivity contribution >= 4 is 5.91 Å². The number of nitrogens with zero attached hydrogens (tertiary/aromatic N) is 2. The Morgan fingerprint density at radius 1 is 1.38 bits per heavy atom. The first-order valence-corrected chi connectivity index (χ1v) is 7.11. The van der Waals surface area contributed by atoms with Crippen LogP contribution in [0.5, 0.6) is 0 Å². The fraction of sp³-hybridized carbons (Fsp3) is 0.400. The van der Waals surface area contributed by atoms with Crippen molar-refractivity contribution in [2.45, 2.75) is 38.3 Å². The zero-order valence-electron chi connectivity index (χ0n) is 11.9. The predicted octanol–water partition coefficient (Wildman–Crippen LogP) is 1.65. The molecule has 1 saturated carbocycles. The smallest absolute Gasteiger partial charge is 0.258 e. The topological polar surface area (TPSA) is 94.0 Å². The number of aromatic nitrogens is 2. The van der Waals surface area contributed by atoms with Gasteiger partial charge in [-0.2, -0.15) is 4.98 Å². The zero-order valence-corrected chi connectivity index (χ0v) is 11.9. The van der Waals surface area contributed by atoms with Crippen molar-refractivity contribution in [2.75, 3.05) is 0 Å². The van der Waals surface area contributed by atoms with Crippen molar-refractivity contribution in [2.24, 2.45) is 5.73 Å². The SMILES string of the molecule is Cc1noc(-c2ccccc2C(=O)N[C@H]2CCC[C@@H]2N)n1. The van der Waals surface area contributed by atoms with Crippen LogP contribution in [0, 0.1) is 6.92 Å². The summed E-state index contributed by atoms with van der Waals surface area (Å²) in [6, 6.07) is 7.28. The molecule has 3 rings (SSSR count). The second-order valence-electron chi connectivity index (χ2n) is 5.37. The van der Waals surface area contributed by atoms with E-state index < -0.39 is 0 Å². The standard InChI is InChI=1S/C15H18N4O2/c1-9-17-15(21-19-9)11-6-3-2-5-10(11)14(20)18-13-8-4-7-12(13)16/h2-3,5-6,12-13H,4,7-8,16H2,1H3,(H,18,20)/t12-,13-/m0/s1. The quantitative estimate of drug-likeness (QED) is 0.894. The van der Waals surface area contributed by atoms with Gasteiger partial charge in [-0.1, -0.05) is 17.3 Å². The third-order valence-electron chi connectivity index (χ3n) is 3.82. The van der Waals surface area contributed by atoms with Crippen LogP contribution in [0.1, 0.15) is 35.4 Å². The summed E-state index contributed by atoms with van der Waals surface area (Å²) in [5.41, 5.74) is 7.17. The molecule has 21 heavy (non-hydrogen) atoms. The van der Waals surface area contributed by atoms with Gasteiger partial charge in [0.2, 0.25) is 0 Å². The molecule has 0 saturated heterocycles. The van der Waals surface area contributed by atoms with Gasteiger partial charge in [-0.3, -0.25) is 4.79 Å². The molecule has 1 amide bonds. The molecule has 1 heterocycles. The molecule has 0 aliphatic heterocycles. The Labute approximate surface area is 122 Å². The number of hydrogen-bond acceptors (Lipinski definition) is 5. The lowest BCUT2D eigenvalue weighted by Crippen LogP contribution is -2.44. The minimum atomic E-state index is -0.149. The largest absolute Gasteiger partial charge is 0.348 e. The number of carbonyl (C=O) groups excluding carboxylic acids is 1.